The molecule has 6 aromatic carbocycles. The van der Waals surface area contributed by atoms with Gasteiger partial charge in [-0.1, -0.05) is 121 Å². The minimum absolute atomic E-state index is 0.434. The number of anilines is 2. The van der Waals surface area contributed by atoms with Gasteiger partial charge in [-0.05, 0) is 70.8 Å². The summed E-state index contributed by atoms with van der Waals surface area (Å²) < 4.78 is 24.5. The average Bonchev–Trinajstić information content (AvgIpc) is 3.18. The summed E-state index contributed by atoms with van der Waals surface area (Å²) in [6.07, 6.45) is -1.40. The van der Waals surface area contributed by atoms with Gasteiger partial charge in [0.2, 0.25) is 0 Å². The maximum absolute atomic E-state index is 6.27. The van der Waals surface area contributed by atoms with E-state index in [1.165, 1.54) is 33.6 Å². The molecule has 0 amide bonds. The van der Waals surface area contributed by atoms with Gasteiger partial charge in [-0.15, -0.1) is 0 Å². The summed E-state index contributed by atoms with van der Waals surface area (Å²) in [4.78, 5) is 4.75. The van der Waals surface area contributed by atoms with Gasteiger partial charge in [0.05, 0.1) is 13.2 Å². The number of hydrogen-bond donors (Lipinski definition) is 0. The first kappa shape index (κ1) is 33.0. The van der Waals surface area contributed by atoms with Crippen LogP contribution in [0.2, 0.25) is 0 Å². The molecule has 0 saturated carbocycles. The van der Waals surface area contributed by atoms with Crippen LogP contribution in [0.1, 0.15) is 22.3 Å². The van der Waals surface area contributed by atoms with Gasteiger partial charge in [0.25, 0.3) is 12.6 Å². The molecule has 1 aliphatic heterocycles. The molecule has 0 aliphatic carbocycles. The molecule has 0 aromatic heterocycles. The van der Waals surface area contributed by atoms with Gasteiger partial charge < -0.3 is 28.7 Å². The van der Waals surface area contributed by atoms with E-state index in [4.69, 9.17) is 18.9 Å². The Labute approximate surface area is 295 Å². The Morgan fingerprint density at radius 3 is 1.02 bits per heavy atom. The fraction of sp³-hybridized carbons (Fsp3) is 0.182. The predicted molar refractivity (Wildman–Crippen MR) is 199 cm³/mol. The van der Waals surface area contributed by atoms with Crippen LogP contribution in [0.15, 0.2) is 170 Å². The fourth-order valence-corrected chi connectivity index (χ4v) is 6.08. The van der Waals surface area contributed by atoms with Gasteiger partial charge in [-0.25, -0.2) is 0 Å². The second-order valence-corrected chi connectivity index (χ2v) is 12.4. The molecule has 50 heavy (non-hydrogen) atoms. The molecule has 6 aromatic rings. The van der Waals surface area contributed by atoms with Gasteiger partial charge in [-0.3, -0.25) is 0 Å². The highest BCUT2D eigenvalue weighted by atomic mass is 16.8. The summed E-state index contributed by atoms with van der Waals surface area (Å²) in [6, 6.07) is 58.5. The van der Waals surface area contributed by atoms with E-state index in [1.54, 1.807) is 0 Å². The zero-order chi connectivity index (χ0) is 33.8. The zero-order valence-electron chi connectivity index (χ0n) is 28.1. The molecule has 0 N–H and O–H groups in total. The van der Waals surface area contributed by atoms with Crippen LogP contribution < -0.4 is 19.3 Å². The molecular weight excluding hydrogens is 620 g/mol. The minimum Gasteiger partial charge on any atom is -0.458 e. The van der Waals surface area contributed by atoms with Crippen molar-refractivity contribution in [3.63, 3.8) is 0 Å². The van der Waals surface area contributed by atoms with Crippen molar-refractivity contribution in [1.82, 2.24) is 0 Å². The van der Waals surface area contributed by atoms with Crippen molar-refractivity contribution >= 4 is 11.4 Å². The highest BCUT2D eigenvalue weighted by Gasteiger charge is 2.31. The second kappa shape index (κ2) is 16.7. The van der Waals surface area contributed by atoms with Crippen LogP contribution in [-0.4, -0.2) is 25.8 Å². The lowest BCUT2D eigenvalue weighted by Crippen LogP contribution is -2.45. The van der Waals surface area contributed by atoms with Crippen LogP contribution in [0.3, 0.4) is 0 Å². The third-order valence-corrected chi connectivity index (χ3v) is 8.64. The molecule has 0 radical (unpaired) electrons. The molecular formula is C44H42N2O4. The molecule has 0 spiro atoms. The van der Waals surface area contributed by atoms with E-state index in [0.29, 0.717) is 24.7 Å². The first-order valence-electron chi connectivity index (χ1n) is 17.2. The van der Waals surface area contributed by atoms with E-state index in [-0.39, 0.29) is 0 Å². The van der Waals surface area contributed by atoms with Crippen molar-refractivity contribution in [3.05, 3.63) is 192 Å². The lowest BCUT2D eigenvalue weighted by atomic mass is 10.1. The Bertz CT molecular complexity index is 1720. The maximum Gasteiger partial charge on any atom is 0.263 e. The van der Waals surface area contributed by atoms with Gasteiger partial charge >= 0.3 is 0 Å². The van der Waals surface area contributed by atoms with Gasteiger partial charge in [0.15, 0.2) is 0 Å². The number of rotatable bonds is 14. The van der Waals surface area contributed by atoms with Crippen LogP contribution in [0.5, 0.6) is 11.5 Å². The predicted octanol–water partition coefficient (Wildman–Crippen LogP) is 9.26. The molecule has 1 fully saturated rings. The fourth-order valence-electron chi connectivity index (χ4n) is 6.08. The van der Waals surface area contributed by atoms with E-state index < -0.39 is 12.6 Å². The SMILES string of the molecule is c1ccc(CN(Cc2ccc(O[C@H]3OCCO[C@@H]3Oc3ccc(CN(Cc4ccccc4)c4ccccc4)cc3)cc2)c2ccccc2)cc1. The molecule has 1 heterocycles. The maximum atomic E-state index is 6.27. The second-order valence-electron chi connectivity index (χ2n) is 12.4. The van der Waals surface area contributed by atoms with E-state index >= 15 is 0 Å². The van der Waals surface area contributed by atoms with Crippen LogP contribution in [0.25, 0.3) is 0 Å². The summed E-state index contributed by atoms with van der Waals surface area (Å²) in [7, 11) is 0. The summed E-state index contributed by atoms with van der Waals surface area (Å²) in [5, 5.41) is 0. The van der Waals surface area contributed by atoms with E-state index in [9.17, 15) is 0 Å². The standard InChI is InChI=1S/C44H42N2O4/c1-5-13-35(14-6-1)31-45(39-17-9-3-10-18-39)33-37-21-25-41(26-22-37)49-43-44(48-30-29-47-43)50-42-27-23-38(24-28-42)34-46(40-19-11-4-12-20-40)32-36-15-7-2-8-16-36/h1-28,43-44H,29-34H2/t43-,44-/m1/s1. The van der Waals surface area contributed by atoms with Crippen LogP contribution in [0, 0.1) is 0 Å². The Morgan fingerprint density at radius 2 is 0.680 bits per heavy atom. The highest BCUT2D eigenvalue weighted by molar-refractivity contribution is 5.49. The summed E-state index contributed by atoms with van der Waals surface area (Å²) in [6.45, 7) is 4.02. The van der Waals surface area contributed by atoms with Gasteiger partial charge in [-0.2, -0.15) is 0 Å². The number of para-hydroxylation sites is 2. The van der Waals surface area contributed by atoms with Crippen molar-refractivity contribution in [2.45, 2.75) is 38.8 Å². The van der Waals surface area contributed by atoms with Crippen LogP contribution in [-0.2, 0) is 35.7 Å². The Morgan fingerprint density at radius 1 is 0.380 bits per heavy atom. The average molecular weight is 663 g/mol. The number of hydrogen-bond acceptors (Lipinski definition) is 6. The largest absolute Gasteiger partial charge is 0.458 e. The highest BCUT2D eigenvalue weighted by Crippen LogP contribution is 2.26. The first-order chi connectivity index (χ1) is 24.7. The Balaban J connectivity index is 0.975. The summed E-state index contributed by atoms with van der Waals surface area (Å²) >= 11 is 0. The molecule has 1 aliphatic rings. The third kappa shape index (κ3) is 9.11. The van der Waals surface area contributed by atoms with Crippen molar-refractivity contribution in [2.24, 2.45) is 0 Å². The molecule has 252 valence electrons. The molecule has 0 bridgehead atoms. The van der Waals surface area contributed by atoms with Gasteiger partial charge in [0, 0.05) is 37.6 Å². The van der Waals surface area contributed by atoms with Crippen LogP contribution >= 0.6 is 0 Å². The number of ether oxygens (including phenoxy) is 4. The lowest BCUT2D eigenvalue weighted by molar-refractivity contribution is -0.271. The van der Waals surface area contributed by atoms with E-state index in [0.717, 1.165) is 26.2 Å². The third-order valence-electron chi connectivity index (χ3n) is 8.64. The summed E-state index contributed by atoms with van der Waals surface area (Å²) in [5.74, 6) is 1.39. The molecule has 1 saturated heterocycles. The Hall–Kier alpha value is -5.56. The minimum atomic E-state index is -0.701. The van der Waals surface area contributed by atoms with Gasteiger partial charge in [0.1, 0.15) is 11.5 Å². The molecule has 2 atom stereocenters. The zero-order valence-corrected chi connectivity index (χ0v) is 28.1. The molecule has 6 heteroatoms. The van der Waals surface area contributed by atoms with Crippen molar-refractivity contribution < 1.29 is 18.9 Å². The molecule has 0 unspecified atom stereocenters. The number of benzene rings is 6. The van der Waals surface area contributed by atoms with E-state index in [1.807, 2.05) is 36.4 Å². The lowest BCUT2D eigenvalue weighted by Gasteiger charge is -2.32. The van der Waals surface area contributed by atoms with Crippen molar-refractivity contribution in [2.75, 3.05) is 23.0 Å². The summed E-state index contributed by atoms with van der Waals surface area (Å²) in [5.41, 5.74) is 7.25. The molecule has 7 rings (SSSR count). The monoisotopic (exact) mass is 662 g/mol. The van der Waals surface area contributed by atoms with Crippen molar-refractivity contribution in [3.8, 4) is 11.5 Å². The Kier molecular flexibility index (Phi) is 11.0. The quantitative estimate of drug-likeness (QED) is 0.116. The molecule has 6 nitrogen and oxygen atoms in total. The van der Waals surface area contributed by atoms with Crippen LogP contribution in [0.4, 0.5) is 11.4 Å². The van der Waals surface area contributed by atoms with Crippen molar-refractivity contribution in [1.29, 1.82) is 0 Å². The first-order valence-corrected chi connectivity index (χ1v) is 17.2. The van der Waals surface area contributed by atoms with E-state index in [2.05, 4.69) is 143 Å². The number of nitrogens with zero attached hydrogens (tertiary/aromatic N) is 2. The topological polar surface area (TPSA) is 43.4 Å². The smallest absolute Gasteiger partial charge is 0.263 e. The normalized spacial score (nSPS) is 15.6.